The van der Waals surface area contributed by atoms with E-state index in [1.807, 2.05) is 45.2 Å². The van der Waals surface area contributed by atoms with E-state index in [0.717, 1.165) is 11.3 Å². The van der Waals surface area contributed by atoms with E-state index in [4.69, 9.17) is 4.74 Å². The number of hydrogen-bond donors (Lipinski definition) is 1. The van der Waals surface area contributed by atoms with Crippen LogP contribution in [-0.2, 0) is 4.79 Å². The maximum atomic E-state index is 11.1. The molecule has 1 unspecified atom stereocenters. The number of ether oxygens (including phenoxy) is 1. The van der Waals surface area contributed by atoms with Crippen molar-refractivity contribution in [3.8, 4) is 5.75 Å². The molecule has 0 radical (unpaired) electrons. The summed E-state index contributed by atoms with van der Waals surface area (Å²) in [5.74, 6) is 1.05. The second-order valence-corrected chi connectivity index (χ2v) is 4.48. The van der Waals surface area contributed by atoms with E-state index in [2.05, 4.69) is 5.32 Å². The molecular formula is C14H21NO2. The highest BCUT2D eigenvalue weighted by Gasteiger charge is 2.11. The van der Waals surface area contributed by atoms with Gasteiger partial charge in [0.05, 0.1) is 6.10 Å². The van der Waals surface area contributed by atoms with Crippen LogP contribution in [0.3, 0.4) is 0 Å². The molecule has 0 saturated heterocycles. The molecule has 0 aliphatic heterocycles. The Morgan fingerprint density at radius 2 is 1.88 bits per heavy atom. The van der Waals surface area contributed by atoms with Gasteiger partial charge in [0, 0.05) is 12.5 Å². The minimum Gasteiger partial charge on any atom is -0.491 e. The highest BCUT2D eigenvalue weighted by Crippen LogP contribution is 2.20. The van der Waals surface area contributed by atoms with Crippen LogP contribution in [0.2, 0.25) is 0 Å². The van der Waals surface area contributed by atoms with Crippen molar-refractivity contribution in [2.75, 3.05) is 7.05 Å². The molecule has 0 spiro atoms. The second-order valence-electron chi connectivity index (χ2n) is 4.48. The average molecular weight is 235 g/mol. The third kappa shape index (κ3) is 4.57. The second kappa shape index (κ2) is 6.40. The van der Waals surface area contributed by atoms with Crippen molar-refractivity contribution in [3.63, 3.8) is 0 Å². The molecule has 0 fully saturated rings. The Balaban J connectivity index is 2.74. The van der Waals surface area contributed by atoms with Crippen molar-refractivity contribution < 1.29 is 9.53 Å². The number of carbonyl (C=O) groups is 1. The third-order valence-corrected chi connectivity index (χ3v) is 2.49. The van der Waals surface area contributed by atoms with E-state index in [1.54, 1.807) is 6.92 Å². The molecule has 17 heavy (non-hydrogen) atoms. The lowest BCUT2D eigenvalue weighted by molar-refractivity contribution is -0.117. The molecule has 3 nitrogen and oxygen atoms in total. The van der Waals surface area contributed by atoms with Crippen molar-refractivity contribution in [3.05, 3.63) is 29.8 Å². The first-order chi connectivity index (χ1) is 8.02. The van der Waals surface area contributed by atoms with Crippen LogP contribution >= 0.6 is 0 Å². The van der Waals surface area contributed by atoms with Gasteiger partial charge < -0.3 is 10.1 Å². The fourth-order valence-corrected chi connectivity index (χ4v) is 1.72. The molecule has 0 amide bonds. The lowest BCUT2D eigenvalue weighted by atomic mass is 10.0. The molecule has 94 valence electrons. The number of ketones is 1. The zero-order valence-electron chi connectivity index (χ0n) is 11.0. The Bertz CT molecular complexity index is 357. The molecule has 0 bridgehead atoms. The van der Waals surface area contributed by atoms with Gasteiger partial charge in [0.25, 0.3) is 0 Å². The zero-order valence-corrected chi connectivity index (χ0v) is 11.0. The molecule has 0 saturated carbocycles. The first-order valence-electron chi connectivity index (χ1n) is 5.96. The molecular weight excluding hydrogens is 214 g/mol. The highest BCUT2D eigenvalue weighted by atomic mass is 16.5. The standard InChI is InChI=1S/C14H21NO2/c1-10(2)17-13-7-5-12(6-8-13)14(15-4)9-11(3)16/h5-8,10,14-15H,9H2,1-4H3. The molecule has 1 N–H and O–H groups in total. The van der Waals surface area contributed by atoms with Gasteiger partial charge in [0.1, 0.15) is 11.5 Å². The largest absolute Gasteiger partial charge is 0.491 e. The number of benzene rings is 1. The van der Waals surface area contributed by atoms with Gasteiger partial charge >= 0.3 is 0 Å². The van der Waals surface area contributed by atoms with Crippen LogP contribution < -0.4 is 10.1 Å². The first-order valence-corrected chi connectivity index (χ1v) is 5.96. The summed E-state index contributed by atoms with van der Waals surface area (Å²) in [7, 11) is 1.87. The van der Waals surface area contributed by atoms with E-state index < -0.39 is 0 Å². The van der Waals surface area contributed by atoms with Crippen LogP contribution in [0.15, 0.2) is 24.3 Å². The predicted octanol–water partition coefficient (Wildman–Crippen LogP) is 2.71. The summed E-state index contributed by atoms with van der Waals surface area (Å²) in [5, 5.41) is 3.15. The van der Waals surface area contributed by atoms with Gasteiger partial charge in [-0.3, -0.25) is 4.79 Å². The fraction of sp³-hybridized carbons (Fsp3) is 0.500. The number of Topliss-reactive ketones (excluding diaryl/α,β-unsaturated/α-hetero) is 1. The van der Waals surface area contributed by atoms with Crippen LogP contribution in [0.25, 0.3) is 0 Å². The summed E-state index contributed by atoms with van der Waals surface area (Å²) < 4.78 is 5.58. The molecule has 3 heteroatoms. The van der Waals surface area contributed by atoms with Crippen molar-refractivity contribution in [2.24, 2.45) is 0 Å². The van der Waals surface area contributed by atoms with Gasteiger partial charge in [-0.1, -0.05) is 12.1 Å². The summed E-state index contributed by atoms with van der Waals surface area (Å²) >= 11 is 0. The average Bonchev–Trinajstić information content (AvgIpc) is 2.26. The maximum Gasteiger partial charge on any atom is 0.131 e. The Kier molecular flexibility index (Phi) is 5.16. The maximum absolute atomic E-state index is 11.1. The smallest absolute Gasteiger partial charge is 0.131 e. The van der Waals surface area contributed by atoms with Crippen LogP contribution in [0.5, 0.6) is 5.75 Å². The highest BCUT2D eigenvalue weighted by molar-refractivity contribution is 5.76. The minimum atomic E-state index is 0.0839. The van der Waals surface area contributed by atoms with Gasteiger partial charge in [-0.2, -0.15) is 0 Å². The number of hydrogen-bond acceptors (Lipinski definition) is 3. The van der Waals surface area contributed by atoms with E-state index in [-0.39, 0.29) is 17.9 Å². The molecule has 0 aromatic heterocycles. The molecule has 1 aromatic carbocycles. The Morgan fingerprint density at radius 1 is 1.29 bits per heavy atom. The summed E-state index contributed by atoms with van der Waals surface area (Å²) in [4.78, 5) is 11.1. The summed E-state index contributed by atoms with van der Waals surface area (Å²) in [5.41, 5.74) is 1.11. The first kappa shape index (κ1) is 13.7. The topological polar surface area (TPSA) is 38.3 Å². The Hall–Kier alpha value is -1.35. The molecule has 0 heterocycles. The monoisotopic (exact) mass is 235 g/mol. The Morgan fingerprint density at radius 3 is 2.29 bits per heavy atom. The van der Waals surface area contributed by atoms with Gasteiger partial charge in [0.15, 0.2) is 0 Å². The molecule has 0 aliphatic rings. The van der Waals surface area contributed by atoms with Gasteiger partial charge in [-0.15, -0.1) is 0 Å². The Labute approximate surface area is 103 Å². The third-order valence-electron chi connectivity index (χ3n) is 2.49. The lowest BCUT2D eigenvalue weighted by Gasteiger charge is -2.16. The quantitative estimate of drug-likeness (QED) is 0.824. The van der Waals surface area contributed by atoms with E-state index in [0.29, 0.717) is 6.42 Å². The van der Waals surface area contributed by atoms with Crippen molar-refractivity contribution in [2.45, 2.75) is 39.3 Å². The predicted molar refractivity (Wildman–Crippen MR) is 69.3 cm³/mol. The van der Waals surface area contributed by atoms with Crippen LogP contribution in [0, 0.1) is 0 Å². The van der Waals surface area contributed by atoms with Gasteiger partial charge in [-0.25, -0.2) is 0 Å². The summed E-state index contributed by atoms with van der Waals surface area (Å²) in [6.45, 7) is 5.61. The lowest BCUT2D eigenvalue weighted by Crippen LogP contribution is -2.18. The van der Waals surface area contributed by atoms with Crippen molar-refractivity contribution >= 4 is 5.78 Å². The summed E-state index contributed by atoms with van der Waals surface area (Å²) in [6, 6.07) is 7.98. The molecule has 1 atom stereocenters. The zero-order chi connectivity index (χ0) is 12.8. The number of nitrogens with one attached hydrogen (secondary N) is 1. The molecule has 1 aromatic rings. The minimum absolute atomic E-state index is 0.0839. The van der Waals surface area contributed by atoms with E-state index in [1.165, 1.54) is 0 Å². The van der Waals surface area contributed by atoms with E-state index in [9.17, 15) is 4.79 Å². The van der Waals surface area contributed by atoms with Crippen molar-refractivity contribution in [1.29, 1.82) is 0 Å². The van der Waals surface area contributed by atoms with E-state index >= 15 is 0 Å². The fourth-order valence-electron chi connectivity index (χ4n) is 1.72. The van der Waals surface area contributed by atoms with Crippen LogP contribution in [0.1, 0.15) is 38.8 Å². The molecule has 0 aliphatic carbocycles. The van der Waals surface area contributed by atoms with Gasteiger partial charge in [0.2, 0.25) is 0 Å². The van der Waals surface area contributed by atoms with Crippen LogP contribution in [-0.4, -0.2) is 18.9 Å². The SMILES string of the molecule is CNC(CC(C)=O)c1ccc(OC(C)C)cc1. The van der Waals surface area contributed by atoms with Crippen LogP contribution in [0.4, 0.5) is 0 Å². The summed E-state index contributed by atoms with van der Waals surface area (Å²) in [6.07, 6.45) is 0.694. The normalized spacial score (nSPS) is 12.5. The number of carbonyl (C=O) groups excluding carboxylic acids is 1. The van der Waals surface area contributed by atoms with Crippen molar-refractivity contribution in [1.82, 2.24) is 5.32 Å². The van der Waals surface area contributed by atoms with Gasteiger partial charge in [-0.05, 0) is 45.5 Å². The number of rotatable bonds is 6. The molecule has 1 rings (SSSR count).